The number of carbonyl (C=O) groups excluding carboxylic acids is 3. The Morgan fingerprint density at radius 1 is 1.24 bits per heavy atom. The van der Waals surface area contributed by atoms with Gasteiger partial charge in [-0.1, -0.05) is 0 Å². The maximum Gasteiger partial charge on any atom is 0.248 e. The van der Waals surface area contributed by atoms with Crippen LogP contribution in [-0.2, 0) is 14.4 Å². The maximum atomic E-state index is 13.0. The summed E-state index contributed by atoms with van der Waals surface area (Å²) in [5, 5.41) is 0. The second kappa shape index (κ2) is 6.82. The van der Waals surface area contributed by atoms with E-state index >= 15 is 0 Å². The van der Waals surface area contributed by atoms with Crippen LogP contribution in [0.15, 0.2) is 24.3 Å². The largest absolute Gasteiger partial charge is 0.331 e. The molecule has 6 nitrogen and oxygen atoms in total. The Morgan fingerprint density at radius 3 is 2.44 bits per heavy atom. The van der Waals surface area contributed by atoms with E-state index in [1.165, 1.54) is 34.1 Å². The highest BCUT2D eigenvalue weighted by molar-refractivity contribution is 6.00. The van der Waals surface area contributed by atoms with Crippen molar-refractivity contribution in [3.05, 3.63) is 30.1 Å². The van der Waals surface area contributed by atoms with Crippen LogP contribution >= 0.6 is 0 Å². The number of anilines is 1. The minimum atomic E-state index is -0.380. The second-order valence-electron chi connectivity index (χ2n) is 6.87. The highest BCUT2D eigenvalue weighted by Gasteiger charge is 2.37. The van der Waals surface area contributed by atoms with E-state index in [1.807, 2.05) is 13.8 Å². The third kappa shape index (κ3) is 3.81. The minimum absolute atomic E-state index is 0.0163. The molecule has 0 radical (unpaired) electrons. The van der Waals surface area contributed by atoms with E-state index in [-0.39, 0.29) is 55.3 Å². The molecule has 2 aliphatic rings. The summed E-state index contributed by atoms with van der Waals surface area (Å²) in [7, 11) is 0. The van der Waals surface area contributed by atoms with Crippen LogP contribution in [0, 0.1) is 11.7 Å². The molecule has 1 aromatic rings. The molecule has 3 rings (SSSR count). The van der Waals surface area contributed by atoms with Crippen molar-refractivity contribution in [2.45, 2.75) is 32.7 Å². The first-order valence-electron chi connectivity index (χ1n) is 8.51. The molecule has 3 amide bonds. The zero-order chi connectivity index (χ0) is 18.1. The van der Waals surface area contributed by atoms with Crippen LogP contribution in [0.5, 0.6) is 0 Å². The predicted octanol–water partition coefficient (Wildman–Crippen LogP) is 1.61. The normalized spacial score (nSPS) is 17.4. The molecule has 0 bridgehead atoms. The molecular weight excluding hydrogens is 325 g/mol. The fraction of sp³-hybridized carbons (Fsp3) is 0.500. The van der Waals surface area contributed by atoms with Crippen molar-refractivity contribution in [2.75, 3.05) is 24.7 Å². The van der Waals surface area contributed by atoms with Gasteiger partial charge in [-0.25, -0.2) is 4.39 Å². The van der Waals surface area contributed by atoms with Gasteiger partial charge in [-0.3, -0.25) is 19.3 Å². The number of carbonyl (C=O) groups is 3. The maximum absolute atomic E-state index is 13.0. The summed E-state index contributed by atoms with van der Waals surface area (Å²) in [5.74, 6) is -0.782. The van der Waals surface area contributed by atoms with Gasteiger partial charge >= 0.3 is 0 Å². The number of hydrogen-bond acceptors (Lipinski definition) is 3. The highest BCUT2D eigenvalue weighted by atomic mass is 19.1. The Bertz CT molecular complexity index is 685. The number of benzene rings is 1. The number of nitrogens with zero attached hydrogens (tertiary/aromatic N) is 3. The average molecular weight is 347 g/mol. The summed E-state index contributed by atoms with van der Waals surface area (Å²) in [6.07, 6.45) is 1.77. The number of hydrogen-bond donors (Lipinski definition) is 0. The van der Waals surface area contributed by atoms with Gasteiger partial charge in [0.1, 0.15) is 25.6 Å². The van der Waals surface area contributed by atoms with Crippen LogP contribution < -0.4 is 4.90 Å². The first-order valence-corrected chi connectivity index (χ1v) is 8.51. The Hall–Kier alpha value is -2.44. The van der Waals surface area contributed by atoms with Crippen LogP contribution in [-0.4, -0.2) is 53.3 Å². The van der Waals surface area contributed by atoms with Gasteiger partial charge in [-0.2, -0.15) is 0 Å². The van der Waals surface area contributed by atoms with Crippen molar-refractivity contribution in [3.63, 3.8) is 0 Å². The van der Waals surface area contributed by atoms with Gasteiger partial charge in [-0.15, -0.1) is 0 Å². The highest BCUT2D eigenvalue weighted by Crippen LogP contribution is 2.31. The molecule has 0 N–H and O–H groups in total. The van der Waals surface area contributed by atoms with Crippen molar-refractivity contribution < 1.29 is 18.8 Å². The van der Waals surface area contributed by atoms with Gasteiger partial charge in [0.05, 0.1) is 0 Å². The Balaban J connectivity index is 1.65. The summed E-state index contributed by atoms with van der Waals surface area (Å²) in [6, 6.07) is 5.52. The van der Waals surface area contributed by atoms with Gasteiger partial charge in [0.2, 0.25) is 17.7 Å². The molecule has 1 saturated carbocycles. The van der Waals surface area contributed by atoms with Crippen molar-refractivity contribution in [1.82, 2.24) is 9.80 Å². The molecular formula is C18H22FN3O3. The number of amides is 3. The van der Waals surface area contributed by atoms with Gasteiger partial charge < -0.3 is 9.80 Å². The molecule has 1 saturated heterocycles. The van der Waals surface area contributed by atoms with Crippen LogP contribution in [0.4, 0.5) is 10.1 Å². The summed E-state index contributed by atoms with van der Waals surface area (Å²) in [5.41, 5.74) is 0.552. The summed E-state index contributed by atoms with van der Waals surface area (Å²) in [4.78, 5) is 41.6. The van der Waals surface area contributed by atoms with Crippen LogP contribution in [0.25, 0.3) is 0 Å². The predicted molar refractivity (Wildman–Crippen MR) is 90.0 cm³/mol. The quantitative estimate of drug-likeness (QED) is 0.813. The zero-order valence-electron chi connectivity index (χ0n) is 14.4. The monoisotopic (exact) mass is 347 g/mol. The minimum Gasteiger partial charge on any atom is -0.331 e. The van der Waals surface area contributed by atoms with Gasteiger partial charge in [-0.05, 0) is 51.0 Å². The van der Waals surface area contributed by atoms with E-state index in [0.717, 1.165) is 12.8 Å². The smallest absolute Gasteiger partial charge is 0.248 e. The molecule has 0 aromatic heterocycles. The van der Waals surface area contributed by atoms with Crippen LogP contribution in [0.2, 0.25) is 0 Å². The molecule has 2 fully saturated rings. The van der Waals surface area contributed by atoms with Gasteiger partial charge in [0, 0.05) is 17.6 Å². The molecule has 0 atom stereocenters. The van der Waals surface area contributed by atoms with Crippen LogP contribution in [0.1, 0.15) is 26.7 Å². The van der Waals surface area contributed by atoms with Crippen molar-refractivity contribution >= 4 is 23.4 Å². The molecule has 1 heterocycles. The Labute approximate surface area is 146 Å². The third-order valence-corrected chi connectivity index (χ3v) is 4.57. The first kappa shape index (κ1) is 17.4. The standard InChI is InChI=1S/C18H22FN3O3/c1-12(2)21(18(25)13-3-4-13)10-16(23)20-9-17(24)22(11-20)15-7-5-14(19)6-8-15/h5-8,12-13H,3-4,9-11H2,1-2H3. The summed E-state index contributed by atoms with van der Waals surface area (Å²) < 4.78 is 13.0. The SMILES string of the molecule is CC(C)N(CC(=O)N1CC(=O)N(c2ccc(F)cc2)C1)C(=O)C1CC1. The lowest BCUT2D eigenvalue weighted by atomic mass is 10.2. The second-order valence-corrected chi connectivity index (χ2v) is 6.87. The average Bonchev–Trinajstić information content (AvgIpc) is 3.35. The first-order chi connectivity index (χ1) is 11.9. The topological polar surface area (TPSA) is 60.9 Å². The Morgan fingerprint density at radius 2 is 1.88 bits per heavy atom. The van der Waals surface area contributed by atoms with Gasteiger partial charge in [0.15, 0.2) is 0 Å². The van der Waals surface area contributed by atoms with Crippen molar-refractivity contribution in [2.24, 2.45) is 5.92 Å². The van der Waals surface area contributed by atoms with Crippen molar-refractivity contribution in [1.29, 1.82) is 0 Å². The number of halogens is 1. The summed E-state index contributed by atoms with van der Waals surface area (Å²) >= 11 is 0. The Kier molecular flexibility index (Phi) is 4.74. The van der Waals surface area contributed by atoms with E-state index in [2.05, 4.69) is 0 Å². The van der Waals surface area contributed by atoms with Gasteiger partial charge in [0.25, 0.3) is 0 Å². The van der Waals surface area contributed by atoms with Crippen molar-refractivity contribution in [3.8, 4) is 0 Å². The summed E-state index contributed by atoms with van der Waals surface area (Å²) in [6.45, 7) is 3.84. The zero-order valence-corrected chi connectivity index (χ0v) is 14.4. The third-order valence-electron chi connectivity index (χ3n) is 4.57. The molecule has 1 aliphatic carbocycles. The van der Waals surface area contributed by atoms with E-state index in [1.54, 1.807) is 4.90 Å². The lowest BCUT2D eigenvalue weighted by Gasteiger charge is -2.28. The molecule has 134 valence electrons. The van der Waals surface area contributed by atoms with E-state index < -0.39 is 0 Å². The lowest BCUT2D eigenvalue weighted by molar-refractivity contribution is -0.142. The number of rotatable bonds is 5. The molecule has 25 heavy (non-hydrogen) atoms. The van der Waals surface area contributed by atoms with Crippen LogP contribution in [0.3, 0.4) is 0 Å². The van der Waals surface area contributed by atoms with E-state index in [9.17, 15) is 18.8 Å². The fourth-order valence-electron chi connectivity index (χ4n) is 2.89. The fourth-order valence-corrected chi connectivity index (χ4v) is 2.89. The molecule has 1 aliphatic heterocycles. The van der Waals surface area contributed by atoms with E-state index in [4.69, 9.17) is 0 Å². The lowest BCUT2D eigenvalue weighted by Crippen LogP contribution is -2.46. The molecule has 1 aromatic carbocycles. The molecule has 7 heteroatoms. The molecule has 0 unspecified atom stereocenters. The van der Waals surface area contributed by atoms with E-state index in [0.29, 0.717) is 5.69 Å². The molecule has 0 spiro atoms.